The third kappa shape index (κ3) is 3.66. The number of morpholine rings is 1. The van der Waals surface area contributed by atoms with Gasteiger partial charge in [-0.2, -0.15) is 0 Å². The Hall–Kier alpha value is -1.22. The van der Waals surface area contributed by atoms with E-state index in [1.54, 1.807) is 19.2 Å². The SMILES string of the molecule is CNc1cccnc1S(=O)(=O)NCC1CN(C)CCO1. The van der Waals surface area contributed by atoms with Crippen molar-refractivity contribution in [3.8, 4) is 0 Å². The zero-order chi connectivity index (χ0) is 14.6. The summed E-state index contributed by atoms with van der Waals surface area (Å²) in [5, 5.41) is 2.83. The van der Waals surface area contributed by atoms with Crippen LogP contribution in [0, 0.1) is 0 Å². The van der Waals surface area contributed by atoms with Crippen molar-refractivity contribution >= 4 is 15.7 Å². The minimum atomic E-state index is -3.64. The number of nitrogens with zero attached hydrogens (tertiary/aromatic N) is 2. The van der Waals surface area contributed by atoms with Crippen molar-refractivity contribution < 1.29 is 13.2 Å². The van der Waals surface area contributed by atoms with Crippen LogP contribution in [-0.2, 0) is 14.8 Å². The van der Waals surface area contributed by atoms with Gasteiger partial charge in [-0.05, 0) is 19.2 Å². The molecular formula is C12H20N4O3S. The van der Waals surface area contributed by atoms with Gasteiger partial charge in [-0.15, -0.1) is 0 Å². The topological polar surface area (TPSA) is 83.6 Å². The van der Waals surface area contributed by atoms with Gasteiger partial charge in [0, 0.05) is 32.9 Å². The van der Waals surface area contributed by atoms with Crippen molar-refractivity contribution in [2.75, 3.05) is 45.7 Å². The maximum atomic E-state index is 12.3. The molecule has 0 spiro atoms. The summed E-state index contributed by atoms with van der Waals surface area (Å²) < 4.78 is 32.6. The summed E-state index contributed by atoms with van der Waals surface area (Å²) in [6.45, 7) is 2.44. The molecule has 2 heterocycles. The van der Waals surface area contributed by atoms with Gasteiger partial charge in [-0.25, -0.2) is 18.1 Å². The number of aromatic nitrogens is 1. The number of anilines is 1. The number of sulfonamides is 1. The molecule has 112 valence electrons. The fraction of sp³-hybridized carbons (Fsp3) is 0.583. The van der Waals surface area contributed by atoms with E-state index in [4.69, 9.17) is 4.74 Å². The van der Waals surface area contributed by atoms with E-state index in [9.17, 15) is 8.42 Å². The van der Waals surface area contributed by atoms with Crippen molar-refractivity contribution in [3.05, 3.63) is 18.3 Å². The van der Waals surface area contributed by atoms with Crippen LogP contribution in [0.1, 0.15) is 0 Å². The predicted molar refractivity (Wildman–Crippen MR) is 76.2 cm³/mol. The lowest BCUT2D eigenvalue weighted by molar-refractivity contribution is -0.0156. The van der Waals surface area contributed by atoms with Gasteiger partial charge in [0.05, 0.1) is 18.4 Å². The summed E-state index contributed by atoms with van der Waals surface area (Å²) in [5.41, 5.74) is 0.474. The second-order valence-corrected chi connectivity index (χ2v) is 6.40. The summed E-state index contributed by atoms with van der Waals surface area (Å²) >= 11 is 0. The Kier molecular flexibility index (Phi) is 4.92. The molecule has 1 aromatic heterocycles. The van der Waals surface area contributed by atoms with Gasteiger partial charge in [0.2, 0.25) is 0 Å². The van der Waals surface area contributed by atoms with Gasteiger partial charge in [0.25, 0.3) is 10.0 Å². The Bertz CT molecular complexity index is 549. The summed E-state index contributed by atoms with van der Waals surface area (Å²) in [7, 11) is 0.00790. The Balaban J connectivity index is 2.04. The Morgan fingerprint density at radius 2 is 2.35 bits per heavy atom. The zero-order valence-corrected chi connectivity index (χ0v) is 12.5. The highest BCUT2D eigenvalue weighted by Crippen LogP contribution is 2.17. The smallest absolute Gasteiger partial charge is 0.260 e. The number of pyridine rings is 1. The lowest BCUT2D eigenvalue weighted by atomic mass is 10.3. The molecule has 8 heteroatoms. The molecule has 0 aromatic carbocycles. The van der Waals surface area contributed by atoms with E-state index in [0.717, 1.165) is 6.54 Å². The lowest BCUT2D eigenvalue weighted by Gasteiger charge is -2.30. The first kappa shape index (κ1) is 15.2. The molecule has 2 N–H and O–H groups in total. The van der Waals surface area contributed by atoms with Crippen molar-refractivity contribution in [1.29, 1.82) is 0 Å². The summed E-state index contributed by atoms with van der Waals surface area (Å²) in [6.07, 6.45) is 1.32. The molecule has 1 aliphatic heterocycles. The van der Waals surface area contributed by atoms with Crippen LogP contribution in [0.5, 0.6) is 0 Å². The molecule has 0 aliphatic carbocycles. The fourth-order valence-corrected chi connectivity index (χ4v) is 3.26. The number of likely N-dealkylation sites (N-methyl/N-ethyl adjacent to an activating group) is 1. The largest absolute Gasteiger partial charge is 0.386 e. The van der Waals surface area contributed by atoms with E-state index >= 15 is 0 Å². The fourth-order valence-electron chi connectivity index (χ4n) is 2.06. The van der Waals surface area contributed by atoms with Crippen LogP contribution in [0.25, 0.3) is 0 Å². The van der Waals surface area contributed by atoms with E-state index in [2.05, 4.69) is 19.9 Å². The van der Waals surface area contributed by atoms with Crippen LogP contribution in [-0.4, -0.2) is 64.7 Å². The highest BCUT2D eigenvalue weighted by atomic mass is 32.2. The van der Waals surface area contributed by atoms with E-state index in [0.29, 0.717) is 18.8 Å². The van der Waals surface area contributed by atoms with Gasteiger partial charge >= 0.3 is 0 Å². The van der Waals surface area contributed by atoms with Gasteiger partial charge in [0.15, 0.2) is 5.03 Å². The Labute approximate surface area is 119 Å². The first-order valence-electron chi connectivity index (χ1n) is 6.45. The summed E-state index contributed by atoms with van der Waals surface area (Å²) in [4.78, 5) is 6.05. The Morgan fingerprint density at radius 1 is 1.55 bits per heavy atom. The number of rotatable bonds is 5. The van der Waals surface area contributed by atoms with Crippen molar-refractivity contribution in [3.63, 3.8) is 0 Å². The molecule has 0 bridgehead atoms. The first-order valence-corrected chi connectivity index (χ1v) is 7.94. The summed E-state index contributed by atoms with van der Waals surface area (Å²) in [6, 6.07) is 3.36. The molecule has 1 atom stereocenters. The summed E-state index contributed by atoms with van der Waals surface area (Å²) in [5.74, 6) is 0. The van der Waals surface area contributed by atoms with Gasteiger partial charge in [-0.1, -0.05) is 0 Å². The van der Waals surface area contributed by atoms with Crippen LogP contribution < -0.4 is 10.0 Å². The third-order valence-corrected chi connectivity index (χ3v) is 4.52. The van der Waals surface area contributed by atoms with Gasteiger partial charge in [0.1, 0.15) is 0 Å². The van der Waals surface area contributed by atoms with E-state index in [1.807, 2.05) is 7.05 Å². The molecule has 1 saturated heterocycles. The van der Waals surface area contributed by atoms with Crippen LogP contribution in [0.4, 0.5) is 5.69 Å². The molecule has 2 rings (SSSR count). The van der Waals surface area contributed by atoms with E-state index in [1.165, 1.54) is 6.20 Å². The maximum Gasteiger partial charge on any atom is 0.260 e. The monoisotopic (exact) mass is 300 g/mol. The number of hydrogen-bond donors (Lipinski definition) is 2. The quantitative estimate of drug-likeness (QED) is 0.779. The molecule has 1 aliphatic rings. The van der Waals surface area contributed by atoms with Crippen LogP contribution in [0.3, 0.4) is 0 Å². The second kappa shape index (κ2) is 6.49. The van der Waals surface area contributed by atoms with Crippen molar-refractivity contribution in [2.45, 2.75) is 11.1 Å². The minimum Gasteiger partial charge on any atom is -0.386 e. The average molecular weight is 300 g/mol. The highest BCUT2D eigenvalue weighted by Gasteiger charge is 2.23. The molecule has 20 heavy (non-hydrogen) atoms. The molecule has 0 radical (unpaired) electrons. The van der Waals surface area contributed by atoms with E-state index < -0.39 is 10.0 Å². The number of hydrogen-bond acceptors (Lipinski definition) is 6. The van der Waals surface area contributed by atoms with Crippen LogP contribution in [0.2, 0.25) is 0 Å². The lowest BCUT2D eigenvalue weighted by Crippen LogP contribution is -2.46. The molecule has 1 fully saturated rings. The van der Waals surface area contributed by atoms with Crippen molar-refractivity contribution in [1.82, 2.24) is 14.6 Å². The molecule has 0 saturated carbocycles. The molecular weight excluding hydrogens is 280 g/mol. The second-order valence-electron chi connectivity index (χ2n) is 4.71. The zero-order valence-electron chi connectivity index (χ0n) is 11.7. The van der Waals surface area contributed by atoms with E-state index in [-0.39, 0.29) is 17.7 Å². The highest BCUT2D eigenvalue weighted by molar-refractivity contribution is 7.89. The maximum absolute atomic E-state index is 12.3. The average Bonchev–Trinajstić information content (AvgIpc) is 2.45. The molecule has 0 amide bonds. The predicted octanol–water partition coefficient (Wildman–Crippen LogP) is -0.268. The van der Waals surface area contributed by atoms with Crippen LogP contribution in [0.15, 0.2) is 23.4 Å². The number of ether oxygens (including phenoxy) is 1. The molecule has 1 unspecified atom stereocenters. The Morgan fingerprint density at radius 3 is 3.05 bits per heavy atom. The third-order valence-electron chi connectivity index (χ3n) is 3.14. The van der Waals surface area contributed by atoms with Gasteiger partial charge in [-0.3, -0.25) is 0 Å². The van der Waals surface area contributed by atoms with Crippen molar-refractivity contribution in [2.24, 2.45) is 0 Å². The standard InChI is InChI=1S/C12H20N4O3S/c1-13-11-4-3-5-14-12(11)20(17,18)15-8-10-9-16(2)6-7-19-10/h3-5,10,13,15H,6-9H2,1-2H3. The normalized spacial score (nSPS) is 20.8. The first-order chi connectivity index (χ1) is 9.53. The number of nitrogens with one attached hydrogen (secondary N) is 2. The van der Waals surface area contributed by atoms with Crippen LogP contribution >= 0.6 is 0 Å². The minimum absolute atomic E-state index is 0.00617. The van der Waals surface area contributed by atoms with Gasteiger partial charge < -0.3 is 15.0 Å². The molecule has 1 aromatic rings. The molecule has 7 nitrogen and oxygen atoms in total.